The first-order valence-corrected chi connectivity index (χ1v) is 5.50. The monoisotopic (exact) mass is 253 g/mol. The number of hydrogen-bond acceptors (Lipinski definition) is 7. The highest BCUT2D eigenvalue weighted by Crippen LogP contribution is 2.20. The Kier molecular flexibility index (Phi) is 3.93. The molecule has 2 rings (SSSR count). The number of rotatable bonds is 7. The van der Waals surface area contributed by atoms with Crippen molar-refractivity contribution < 1.29 is 18.9 Å². The van der Waals surface area contributed by atoms with Crippen LogP contribution < -0.4 is 14.2 Å². The van der Waals surface area contributed by atoms with E-state index in [2.05, 4.69) is 21.5 Å². The fraction of sp³-hybridized carbons (Fsp3) is 0.545. The summed E-state index contributed by atoms with van der Waals surface area (Å²) in [6.45, 7) is 4.47. The molecule has 2 unspecified atom stereocenters. The fourth-order valence-corrected chi connectivity index (χ4v) is 1.35. The topological polar surface area (TPSA) is 78.9 Å². The molecule has 1 fully saturated rings. The van der Waals surface area contributed by atoms with Gasteiger partial charge in [-0.2, -0.15) is 0 Å². The number of nitrogens with zero attached hydrogens (tertiary/aromatic N) is 3. The van der Waals surface area contributed by atoms with Crippen molar-refractivity contribution in [3.63, 3.8) is 0 Å². The normalized spacial score (nSPS) is 18.9. The lowest BCUT2D eigenvalue weighted by Crippen LogP contribution is -2.18. The number of ether oxygens (including phenoxy) is 4. The Morgan fingerprint density at radius 2 is 1.83 bits per heavy atom. The predicted molar refractivity (Wildman–Crippen MR) is 61.9 cm³/mol. The van der Waals surface area contributed by atoms with Crippen LogP contribution in [0.25, 0.3) is 0 Å². The Hall–Kier alpha value is -1.89. The van der Waals surface area contributed by atoms with Crippen LogP contribution in [0.5, 0.6) is 18.0 Å². The molecular weight excluding hydrogens is 238 g/mol. The molecule has 0 N–H and O–H groups in total. The second-order valence-corrected chi connectivity index (χ2v) is 3.67. The smallest absolute Gasteiger partial charge is 0.326 e. The molecule has 0 spiro atoms. The number of hydrogen-bond donors (Lipinski definition) is 0. The molecular formula is C11H15N3O4. The molecule has 1 aromatic heterocycles. The van der Waals surface area contributed by atoms with Crippen molar-refractivity contribution in [2.24, 2.45) is 0 Å². The molecule has 0 aromatic carbocycles. The highest BCUT2D eigenvalue weighted by atomic mass is 16.6. The third-order valence-electron chi connectivity index (χ3n) is 2.36. The van der Waals surface area contributed by atoms with Crippen LogP contribution in [0.15, 0.2) is 12.7 Å². The average Bonchev–Trinajstić information content (AvgIpc) is 3.21. The van der Waals surface area contributed by atoms with Crippen molar-refractivity contribution in [3.8, 4) is 18.0 Å². The molecule has 0 radical (unpaired) electrons. The van der Waals surface area contributed by atoms with Crippen molar-refractivity contribution in [3.05, 3.63) is 12.7 Å². The van der Waals surface area contributed by atoms with Gasteiger partial charge in [0.2, 0.25) is 0 Å². The van der Waals surface area contributed by atoms with Gasteiger partial charge in [0.15, 0.2) is 0 Å². The summed E-state index contributed by atoms with van der Waals surface area (Å²) in [5, 5.41) is 0. The van der Waals surface area contributed by atoms with Crippen LogP contribution in [-0.4, -0.2) is 48.0 Å². The Morgan fingerprint density at radius 3 is 2.28 bits per heavy atom. The largest absolute Gasteiger partial charge is 0.467 e. The second-order valence-electron chi connectivity index (χ2n) is 3.67. The minimum Gasteiger partial charge on any atom is -0.467 e. The molecule has 1 saturated heterocycles. The Balaban J connectivity index is 2.07. The quantitative estimate of drug-likeness (QED) is 0.520. The highest BCUT2D eigenvalue weighted by molar-refractivity contribution is 5.09. The van der Waals surface area contributed by atoms with Gasteiger partial charge in [-0.25, -0.2) is 0 Å². The van der Waals surface area contributed by atoms with Gasteiger partial charge in [0.1, 0.15) is 6.10 Å². The van der Waals surface area contributed by atoms with Crippen LogP contribution in [0.2, 0.25) is 0 Å². The standard InChI is InChI=1S/C11H15N3O4/c1-4-7(5-8-6-17-8)18-11-13-9(15-2)12-10(14-11)16-3/h4,7-8H,1,5-6H2,2-3H3. The average molecular weight is 253 g/mol. The van der Waals surface area contributed by atoms with E-state index in [-0.39, 0.29) is 30.2 Å². The second kappa shape index (κ2) is 5.63. The summed E-state index contributed by atoms with van der Waals surface area (Å²) in [6.07, 6.45) is 2.43. The maximum Gasteiger partial charge on any atom is 0.326 e. The molecule has 0 aliphatic carbocycles. The van der Waals surface area contributed by atoms with E-state index in [9.17, 15) is 0 Å². The Bertz CT molecular complexity index is 400. The van der Waals surface area contributed by atoms with Gasteiger partial charge < -0.3 is 18.9 Å². The fourth-order valence-electron chi connectivity index (χ4n) is 1.35. The van der Waals surface area contributed by atoms with Gasteiger partial charge in [0.05, 0.1) is 26.9 Å². The summed E-state index contributed by atoms with van der Waals surface area (Å²) in [6, 6.07) is 0.425. The van der Waals surface area contributed by atoms with E-state index in [4.69, 9.17) is 18.9 Å². The molecule has 1 aromatic rings. The molecule has 0 saturated carbocycles. The molecule has 1 aliphatic heterocycles. The first-order valence-electron chi connectivity index (χ1n) is 5.50. The molecule has 18 heavy (non-hydrogen) atoms. The van der Waals surface area contributed by atoms with Gasteiger partial charge in [-0.05, 0) is 0 Å². The summed E-state index contributed by atoms with van der Waals surface area (Å²) in [5.74, 6) is 0. The zero-order chi connectivity index (χ0) is 13.0. The molecule has 7 heteroatoms. The van der Waals surface area contributed by atoms with E-state index in [1.807, 2.05) is 0 Å². The number of aromatic nitrogens is 3. The van der Waals surface area contributed by atoms with Crippen LogP contribution in [0.1, 0.15) is 6.42 Å². The molecule has 7 nitrogen and oxygen atoms in total. The van der Waals surface area contributed by atoms with Crippen LogP contribution in [0.4, 0.5) is 0 Å². The number of epoxide rings is 1. The summed E-state index contributed by atoms with van der Waals surface area (Å²) in [5.41, 5.74) is 0. The maximum absolute atomic E-state index is 5.58. The molecule has 2 atom stereocenters. The molecule has 0 amide bonds. The summed E-state index contributed by atoms with van der Waals surface area (Å²) in [7, 11) is 2.92. The van der Waals surface area contributed by atoms with Crippen molar-refractivity contribution in [2.75, 3.05) is 20.8 Å². The summed E-state index contributed by atoms with van der Waals surface area (Å²) < 4.78 is 20.6. The van der Waals surface area contributed by atoms with Gasteiger partial charge in [-0.15, -0.1) is 15.0 Å². The third kappa shape index (κ3) is 3.30. The van der Waals surface area contributed by atoms with Crippen molar-refractivity contribution in [2.45, 2.75) is 18.6 Å². The lowest BCUT2D eigenvalue weighted by Gasteiger charge is -2.13. The summed E-state index contributed by atoms with van der Waals surface area (Å²) >= 11 is 0. The first kappa shape index (κ1) is 12.6. The minimum atomic E-state index is -0.214. The first-order chi connectivity index (χ1) is 8.75. The molecule has 98 valence electrons. The van der Waals surface area contributed by atoms with E-state index >= 15 is 0 Å². The van der Waals surface area contributed by atoms with Gasteiger partial charge in [-0.3, -0.25) is 0 Å². The van der Waals surface area contributed by atoms with Crippen molar-refractivity contribution in [1.82, 2.24) is 15.0 Å². The van der Waals surface area contributed by atoms with E-state index < -0.39 is 0 Å². The molecule has 1 aliphatic rings. The van der Waals surface area contributed by atoms with Crippen molar-refractivity contribution in [1.29, 1.82) is 0 Å². The van der Waals surface area contributed by atoms with E-state index in [0.29, 0.717) is 0 Å². The van der Waals surface area contributed by atoms with Crippen LogP contribution in [0, 0.1) is 0 Å². The van der Waals surface area contributed by atoms with E-state index in [1.165, 1.54) is 14.2 Å². The van der Waals surface area contributed by atoms with Gasteiger partial charge in [0, 0.05) is 6.42 Å². The molecule has 0 bridgehead atoms. The summed E-state index contributed by atoms with van der Waals surface area (Å²) in [4.78, 5) is 11.8. The van der Waals surface area contributed by atoms with Gasteiger partial charge in [-0.1, -0.05) is 12.7 Å². The van der Waals surface area contributed by atoms with Crippen molar-refractivity contribution >= 4 is 0 Å². The van der Waals surface area contributed by atoms with Gasteiger partial charge >= 0.3 is 18.0 Å². The Labute approximate surface area is 105 Å². The lowest BCUT2D eigenvalue weighted by atomic mass is 10.2. The van der Waals surface area contributed by atoms with E-state index in [1.54, 1.807) is 6.08 Å². The maximum atomic E-state index is 5.58. The highest BCUT2D eigenvalue weighted by Gasteiger charge is 2.27. The van der Waals surface area contributed by atoms with Crippen LogP contribution in [0.3, 0.4) is 0 Å². The van der Waals surface area contributed by atoms with E-state index in [0.717, 1.165) is 13.0 Å². The Morgan fingerprint density at radius 1 is 1.28 bits per heavy atom. The SMILES string of the molecule is C=CC(CC1CO1)Oc1nc(OC)nc(OC)n1. The number of methoxy groups -OCH3 is 2. The molecule has 2 heterocycles. The minimum absolute atomic E-state index is 0.141. The zero-order valence-electron chi connectivity index (χ0n) is 10.3. The third-order valence-corrected chi connectivity index (χ3v) is 2.36. The lowest BCUT2D eigenvalue weighted by molar-refractivity contribution is 0.195. The van der Waals surface area contributed by atoms with Gasteiger partial charge in [0.25, 0.3) is 0 Å². The van der Waals surface area contributed by atoms with Crippen LogP contribution in [-0.2, 0) is 4.74 Å². The predicted octanol–water partition coefficient (Wildman–Crippen LogP) is 0.611. The zero-order valence-corrected chi connectivity index (χ0v) is 10.3. The van der Waals surface area contributed by atoms with Crippen LogP contribution >= 0.6 is 0 Å².